The summed E-state index contributed by atoms with van der Waals surface area (Å²) in [5.41, 5.74) is 0.438. The lowest BCUT2D eigenvalue weighted by Gasteiger charge is -2.14. The lowest BCUT2D eigenvalue weighted by Crippen LogP contribution is -2.29. The number of aromatic nitrogens is 1. The molecule has 0 unspecified atom stereocenters. The van der Waals surface area contributed by atoms with Gasteiger partial charge in [0, 0.05) is 24.2 Å². The van der Waals surface area contributed by atoms with E-state index in [-0.39, 0.29) is 24.2 Å². The Morgan fingerprint density at radius 1 is 1.38 bits per heavy atom. The highest BCUT2D eigenvalue weighted by atomic mass is 19.4. The normalized spacial score (nSPS) is 16.0. The fourth-order valence-electron chi connectivity index (χ4n) is 2.35. The SMILES string of the molecule is O=C(NCc1cccnc1OCC(F)(F)F)C1CCCC1. The number of alkyl halides is 3. The molecule has 0 atom stereocenters. The van der Waals surface area contributed by atoms with Gasteiger partial charge in [0.15, 0.2) is 6.61 Å². The molecule has 1 saturated carbocycles. The Labute approximate surface area is 120 Å². The van der Waals surface area contributed by atoms with E-state index >= 15 is 0 Å². The summed E-state index contributed by atoms with van der Waals surface area (Å²) in [4.78, 5) is 15.7. The van der Waals surface area contributed by atoms with Crippen molar-refractivity contribution < 1.29 is 22.7 Å². The second-order valence-corrected chi connectivity index (χ2v) is 5.07. The number of carbonyl (C=O) groups is 1. The van der Waals surface area contributed by atoms with Crippen LogP contribution in [0, 0.1) is 5.92 Å². The average Bonchev–Trinajstić information content (AvgIpc) is 2.96. The van der Waals surface area contributed by atoms with Gasteiger partial charge in [0.2, 0.25) is 11.8 Å². The van der Waals surface area contributed by atoms with Crippen molar-refractivity contribution in [2.45, 2.75) is 38.4 Å². The highest BCUT2D eigenvalue weighted by Gasteiger charge is 2.29. The zero-order chi connectivity index (χ0) is 15.3. The molecule has 1 aromatic heterocycles. The number of nitrogens with zero attached hydrogens (tertiary/aromatic N) is 1. The van der Waals surface area contributed by atoms with Crippen molar-refractivity contribution in [3.63, 3.8) is 0 Å². The standard InChI is InChI=1S/C14H17F3N2O2/c15-14(16,17)9-21-13-11(6-3-7-18-13)8-19-12(20)10-4-1-2-5-10/h3,6-7,10H,1-2,4-5,8-9H2,(H,19,20). The summed E-state index contributed by atoms with van der Waals surface area (Å²) in [6.07, 6.45) is 0.776. The molecule has 4 nitrogen and oxygen atoms in total. The molecule has 1 aromatic rings. The van der Waals surface area contributed by atoms with Crippen LogP contribution in [0.25, 0.3) is 0 Å². The Morgan fingerprint density at radius 3 is 2.76 bits per heavy atom. The van der Waals surface area contributed by atoms with E-state index < -0.39 is 12.8 Å². The second-order valence-electron chi connectivity index (χ2n) is 5.07. The highest BCUT2D eigenvalue weighted by molar-refractivity contribution is 5.78. The molecule has 0 aromatic carbocycles. The number of pyridine rings is 1. The molecule has 0 spiro atoms. The number of rotatable bonds is 5. The molecule has 1 aliphatic rings. The van der Waals surface area contributed by atoms with Gasteiger partial charge in [0.05, 0.1) is 0 Å². The topological polar surface area (TPSA) is 51.2 Å². The summed E-state index contributed by atoms with van der Waals surface area (Å²) in [5.74, 6) is -0.138. The minimum Gasteiger partial charge on any atom is -0.468 e. The Bertz CT molecular complexity index is 485. The zero-order valence-electron chi connectivity index (χ0n) is 11.4. The molecule has 7 heteroatoms. The van der Waals surface area contributed by atoms with Crippen molar-refractivity contribution in [2.75, 3.05) is 6.61 Å². The van der Waals surface area contributed by atoms with Gasteiger partial charge >= 0.3 is 6.18 Å². The molecule has 1 amide bonds. The molecule has 116 valence electrons. The largest absolute Gasteiger partial charge is 0.468 e. The molecule has 1 heterocycles. The van der Waals surface area contributed by atoms with Crippen molar-refractivity contribution in [1.82, 2.24) is 10.3 Å². The van der Waals surface area contributed by atoms with Crippen LogP contribution in [-0.2, 0) is 11.3 Å². The van der Waals surface area contributed by atoms with E-state index in [4.69, 9.17) is 0 Å². The first-order valence-electron chi connectivity index (χ1n) is 6.87. The van der Waals surface area contributed by atoms with Gasteiger partial charge in [-0.05, 0) is 18.9 Å². The first-order chi connectivity index (χ1) is 9.96. The first kappa shape index (κ1) is 15.6. The molecule has 0 aliphatic heterocycles. The van der Waals surface area contributed by atoms with Crippen LogP contribution in [0.15, 0.2) is 18.3 Å². The van der Waals surface area contributed by atoms with Crippen molar-refractivity contribution in [2.24, 2.45) is 5.92 Å². The van der Waals surface area contributed by atoms with E-state index in [1.165, 1.54) is 6.20 Å². The number of halogens is 3. The maximum absolute atomic E-state index is 12.2. The maximum atomic E-state index is 12.2. The van der Waals surface area contributed by atoms with Gasteiger partial charge in [-0.3, -0.25) is 4.79 Å². The van der Waals surface area contributed by atoms with E-state index in [0.717, 1.165) is 25.7 Å². The van der Waals surface area contributed by atoms with Crippen LogP contribution >= 0.6 is 0 Å². The molecule has 0 bridgehead atoms. The molecular weight excluding hydrogens is 285 g/mol. The molecule has 21 heavy (non-hydrogen) atoms. The summed E-state index contributed by atoms with van der Waals surface area (Å²) in [6, 6.07) is 3.19. The zero-order valence-corrected chi connectivity index (χ0v) is 11.4. The smallest absolute Gasteiger partial charge is 0.422 e. The van der Waals surface area contributed by atoms with Gasteiger partial charge in [-0.15, -0.1) is 0 Å². The van der Waals surface area contributed by atoms with Gasteiger partial charge < -0.3 is 10.1 Å². The Balaban J connectivity index is 1.91. The lowest BCUT2D eigenvalue weighted by atomic mass is 10.1. The molecule has 0 saturated heterocycles. The summed E-state index contributed by atoms with van der Waals surface area (Å²) in [5, 5.41) is 2.74. The van der Waals surface area contributed by atoms with Gasteiger partial charge in [0.25, 0.3) is 0 Å². The Kier molecular flexibility index (Phi) is 5.03. The molecule has 1 aliphatic carbocycles. The monoisotopic (exact) mass is 302 g/mol. The van der Waals surface area contributed by atoms with Crippen molar-refractivity contribution in [3.8, 4) is 5.88 Å². The predicted octanol–water partition coefficient (Wildman–Crippen LogP) is 2.83. The van der Waals surface area contributed by atoms with Crippen LogP contribution in [0.1, 0.15) is 31.2 Å². The van der Waals surface area contributed by atoms with Crippen LogP contribution in [-0.4, -0.2) is 23.7 Å². The maximum Gasteiger partial charge on any atom is 0.422 e. The third kappa shape index (κ3) is 4.91. The average molecular weight is 302 g/mol. The molecule has 1 fully saturated rings. The van der Waals surface area contributed by atoms with Crippen molar-refractivity contribution in [1.29, 1.82) is 0 Å². The van der Waals surface area contributed by atoms with E-state index in [9.17, 15) is 18.0 Å². The van der Waals surface area contributed by atoms with E-state index in [1.54, 1.807) is 12.1 Å². The van der Waals surface area contributed by atoms with Gasteiger partial charge in [-0.2, -0.15) is 13.2 Å². The van der Waals surface area contributed by atoms with Crippen molar-refractivity contribution in [3.05, 3.63) is 23.9 Å². The molecular formula is C14H17F3N2O2. The van der Waals surface area contributed by atoms with Gasteiger partial charge in [-0.25, -0.2) is 4.98 Å². The van der Waals surface area contributed by atoms with Gasteiger partial charge in [0.1, 0.15) is 0 Å². The van der Waals surface area contributed by atoms with Crippen LogP contribution in [0.3, 0.4) is 0 Å². The minimum absolute atomic E-state index is 0.0150. The first-order valence-corrected chi connectivity index (χ1v) is 6.87. The third-order valence-electron chi connectivity index (χ3n) is 3.40. The number of hydrogen-bond acceptors (Lipinski definition) is 3. The number of carbonyl (C=O) groups excluding carboxylic acids is 1. The summed E-state index contributed by atoms with van der Waals surface area (Å²) in [6.45, 7) is -1.27. The van der Waals surface area contributed by atoms with E-state index in [0.29, 0.717) is 5.56 Å². The van der Waals surface area contributed by atoms with Gasteiger partial charge in [-0.1, -0.05) is 18.9 Å². The lowest BCUT2D eigenvalue weighted by molar-refractivity contribution is -0.154. The molecule has 2 rings (SSSR count). The second kappa shape index (κ2) is 6.78. The van der Waals surface area contributed by atoms with Crippen LogP contribution in [0.4, 0.5) is 13.2 Å². The number of nitrogens with one attached hydrogen (secondary N) is 1. The van der Waals surface area contributed by atoms with Crippen LogP contribution in [0.2, 0.25) is 0 Å². The van der Waals surface area contributed by atoms with Crippen LogP contribution < -0.4 is 10.1 Å². The fraction of sp³-hybridized carbons (Fsp3) is 0.571. The third-order valence-corrected chi connectivity index (χ3v) is 3.40. The molecule has 1 N–H and O–H groups in total. The minimum atomic E-state index is -4.41. The number of amides is 1. The summed E-state index contributed by atoms with van der Waals surface area (Å²) < 4.78 is 41.2. The Hall–Kier alpha value is -1.79. The van der Waals surface area contributed by atoms with E-state index in [1.807, 2.05) is 0 Å². The highest BCUT2D eigenvalue weighted by Crippen LogP contribution is 2.25. The van der Waals surface area contributed by atoms with Crippen LogP contribution in [0.5, 0.6) is 5.88 Å². The summed E-state index contributed by atoms with van der Waals surface area (Å²) >= 11 is 0. The Morgan fingerprint density at radius 2 is 2.10 bits per heavy atom. The quantitative estimate of drug-likeness (QED) is 0.910. The van der Waals surface area contributed by atoms with Crippen molar-refractivity contribution >= 4 is 5.91 Å². The number of hydrogen-bond donors (Lipinski definition) is 1. The number of ether oxygens (including phenoxy) is 1. The fourth-order valence-corrected chi connectivity index (χ4v) is 2.35. The summed E-state index contributed by atoms with van der Waals surface area (Å²) in [7, 11) is 0. The predicted molar refractivity (Wildman–Crippen MR) is 69.6 cm³/mol. The van der Waals surface area contributed by atoms with E-state index in [2.05, 4.69) is 15.0 Å². The molecule has 0 radical (unpaired) electrons.